The average molecular weight is 422 g/mol. The van der Waals surface area contributed by atoms with Gasteiger partial charge in [0.1, 0.15) is 23.0 Å². The largest absolute Gasteiger partial charge is 0.497 e. The highest BCUT2D eigenvalue weighted by molar-refractivity contribution is 6.03. The molecule has 1 heterocycles. The van der Waals surface area contributed by atoms with Crippen LogP contribution >= 0.6 is 0 Å². The lowest BCUT2D eigenvalue weighted by molar-refractivity contribution is 0.381. The first-order valence-electron chi connectivity index (χ1n) is 10.6. The fourth-order valence-corrected chi connectivity index (χ4v) is 5.06. The van der Waals surface area contributed by atoms with Gasteiger partial charge in [-0.15, -0.1) is 0 Å². The zero-order valence-electron chi connectivity index (χ0n) is 19.4. The molecule has 0 saturated carbocycles. The Hall–Kier alpha value is -3.08. The summed E-state index contributed by atoms with van der Waals surface area (Å²) in [4.78, 5) is 2.48. The summed E-state index contributed by atoms with van der Waals surface area (Å²) in [5, 5.41) is 2.13. The third kappa shape index (κ3) is 3.42. The Morgan fingerprint density at radius 3 is 2.16 bits per heavy atom. The fraction of sp³-hybridized carbons (Fsp3) is 0.385. The number of nitrogens with zero attached hydrogens (tertiary/aromatic N) is 1. The van der Waals surface area contributed by atoms with Crippen LogP contribution in [0.4, 0.5) is 5.69 Å². The van der Waals surface area contributed by atoms with Crippen molar-refractivity contribution in [1.29, 1.82) is 0 Å². The fourth-order valence-electron chi connectivity index (χ4n) is 5.06. The predicted molar refractivity (Wildman–Crippen MR) is 125 cm³/mol. The molecule has 3 aromatic rings. The number of aryl methyl sites for hydroxylation is 1. The number of fused-ring (bicyclic) bond motifs is 2. The number of hydrogen-bond donors (Lipinski definition) is 0. The zero-order chi connectivity index (χ0) is 22.3. The number of rotatable bonds is 5. The molecule has 5 heteroatoms. The highest BCUT2D eigenvalue weighted by atomic mass is 16.5. The lowest BCUT2D eigenvalue weighted by Crippen LogP contribution is -2.41. The Labute approximate surface area is 184 Å². The molecule has 1 unspecified atom stereocenters. The molecule has 0 bridgehead atoms. The Bertz CT molecular complexity index is 1120. The predicted octanol–water partition coefficient (Wildman–Crippen LogP) is 5.69. The third-order valence-electron chi connectivity index (χ3n) is 6.36. The molecule has 4 rings (SSSR count). The molecule has 31 heavy (non-hydrogen) atoms. The molecular weight excluding hydrogens is 390 g/mol. The lowest BCUT2D eigenvalue weighted by atomic mass is 9.87. The van der Waals surface area contributed by atoms with E-state index < -0.39 is 0 Å². The van der Waals surface area contributed by atoms with Crippen molar-refractivity contribution in [2.45, 2.75) is 39.3 Å². The number of benzene rings is 3. The second-order valence-corrected chi connectivity index (χ2v) is 8.22. The summed E-state index contributed by atoms with van der Waals surface area (Å²) in [6, 6.07) is 13.0. The molecule has 0 spiro atoms. The van der Waals surface area contributed by atoms with Gasteiger partial charge in [-0.05, 0) is 68.7 Å². The highest BCUT2D eigenvalue weighted by Gasteiger charge is 2.33. The van der Waals surface area contributed by atoms with Gasteiger partial charge in [0, 0.05) is 28.7 Å². The van der Waals surface area contributed by atoms with Gasteiger partial charge < -0.3 is 23.8 Å². The first-order chi connectivity index (χ1) is 14.9. The number of methoxy groups -OCH3 is 4. The topological polar surface area (TPSA) is 40.2 Å². The van der Waals surface area contributed by atoms with Crippen molar-refractivity contribution in [3.8, 4) is 23.0 Å². The molecular formula is C26H31NO4. The van der Waals surface area contributed by atoms with Crippen LogP contribution in [0.25, 0.3) is 10.8 Å². The second-order valence-electron chi connectivity index (χ2n) is 8.22. The van der Waals surface area contributed by atoms with Crippen LogP contribution in [-0.2, 0) is 6.42 Å². The Morgan fingerprint density at radius 2 is 1.52 bits per heavy atom. The summed E-state index contributed by atoms with van der Waals surface area (Å²) < 4.78 is 22.7. The summed E-state index contributed by atoms with van der Waals surface area (Å²) in [6.07, 6.45) is 0.906. The van der Waals surface area contributed by atoms with Crippen molar-refractivity contribution in [3.05, 3.63) is 53.1 Å². The maximum Gasteiger partial charge on any atom is 0.130 e. The first kappa shape index (κ1) is 21.2. The van der Waals surface area contributed by atoms with E-state index in [0.717, 1.165) is 45.8 Å². The van der Waals surface area contributed by atoms with Gasteiger partial charge in [-0.1, -0.05) is 0 Å². The normalized spacial score (nSPS) is 18.0. The van der Waals surface area contributed by atoms with E-state index in [2.05, 4.69) is 49.9 Å². The van der Waals surface area contributed by atoms with Crippen molar-refractivity contribution in [3.63, 3.8) is 0 Å². The van der Waals surface area contributed by atoms with Crippen LogP contribution in [0.15, 0.2) is 36.4 Å². The molecule has 0 saturated heterocycles. The van der Waals surface area contributed by atoms with Gasteiger partial charge in [0.15, 0.2) is 0 Å². The molecule has 164 valence electrons. The van der Waals surface area contributed by atoms with Gasteiger partial charge >= 0.3 is 0 Å². The summed E-state index contributed by atoms with van der Waals surface area (Å²) in [5.74, 6) is 3.34. The van der Waals surface area contributed by atoms with Gasteiger partial charge in [0.2, 0.25) is 0 Å². The smallest absolute Gasteiger partial charge is 0.130 e. The van der Waals surface area contributed by atoms with Crippen LogP contribution in [0, 0.1) is 6.92 Å². The molecule has 0 fully saturated rings. The zero-order valence-corrected chi connectivity index (χ0v) is 19.4. The molecule has 5 nitrogen and oxygen atoms in total. The lowest BCUT2D eigenvalue weighted by Gasteiger charge is -2.43. The van der Waals surface area contributed by atoms with E-state index in [1.165, 1.54) is 16.8 Å². The van der Waals surface area contributed by atoms with Gasteiger partial charge in [0.05, 0.1) is 39.9 Å². The Morgan fingerprint density at radius 1 is 0.806 bits per heavy atom. The minimum absolute atomic E-state index is 0.128. The molecule has 0 aromatic heterocycles. The van der Waals surface area contributed by atoms with Crippen LogP contribution in [0.1, 0.15) is 36.6 Å². The van der Waals surface area contributed by atoms with E-state index in [-0.39, 0.29) is 6.04 Å². The van der Waals surface area contributed by atoms with E-state index in [9.17, 15) is 0 Å². The molecule has 0 aliphatic carbocycles. The summed E-state index contributed by atoms with van der Waals surface area (Å²) in [6.45, 7) is 6.61. The molecule has 3 aromatic carbocycles. The van der Waals surface area contributed by atoms with E-state index in [1.54, 1.807) is 28.4 Å². The Kier molecular flexibility index (Phi) is 5.61. The summed E-state index contributed by atoms with van der Waals surface area (Å²) >= 11 is 0. The number of ether oxygens (including phenoxy) is 4. The average Bonchev–Trinajstić information content (AvgIpc) is 2.77. The van der Waals surface area contributed by atoms with Crippen LogP contribution in [0.5, 0.6) is 23.0 Å². The van der Waals surface area contributed by atoms with E-state index in [4.69, 9.17) is 18.9 Å². The summed E-state index contributed by atoms with van der Waals surface area (Å²) in [5.41, 5.74) is 4.81. The van der Waals surface area contributed by atoms with Crippen LogP contribution in [0.2, 0.25) is 0 Å². The van der Waals surface area contributed by atoms with Crippen LogP contribution in [0.3, 0.4) is 0 Å². The van der Waals surface area contributed by atoms with Crippen molar-refractivity contribution in [2.24, 2.45) is 0 Å². The molecule has 0 amide bonds. The third-order valence-corrected chi connectivity index (χ3v) is 6.36. The molecule has 2 atom stereocenters. The molecule has 1 aliphatic rings. The molecule has 1 aliphatic heterocycles. The second kappa shape index (κ2) is 8.22. The van der Waals surface area contributed by atoms with Crippen molar-refractivity contribution in [1.82, 2.24) is 0 Å². The minimum Gasteiger partial charge on any atom is -0.497 e. The van der Waals surface area contributed by atoms with Crippen molar-refractivity contribution in [2.75, 3.05) is 33.3 Å². The quantitative estimate of drug-likeness (QED) is 0.529. The SMILES string of the molecule is COc1cc2c(c(OC)c1)C(C)N(c1ccc(OC)c3c(OC)cc(C)cc13)[C@H](C)C2. The van der Waals surface area contributed by atoms with E-state index in [1.807, 2.05) is 12.1 Å². The van der Waals surface area contributed by atoms with Gasteiger partial charge in [-0.3, -0.25) is 0 Å². The maximum absolute atomic E-state index is 5.78. The van der Waals surface area contributed by atoms with E-state index in [0.29, 0.717) is 6.04 Å². The summed E-state index contributed by atoms with van der Waals surface area (Å²) in [7, 11) is 6.83. The molecule has 0 radical (unpaired) electrons. The van der Waals surface area contributed by atoms with Crippen LogP contribution in [-0.4, -0.2) is 34.5 Å². The van der Waals surface area contributed by atoms with E-state index >= 15 is 0 Å². The van der Waals surface area contributed by atoms with Crippen molar-refractivity contribution < 1.29 is 18.9 Å². The van der Waals surface area contributed by atoms with Crippen LogP contribution < -0.4 is 23.8 Å². The number of anilines is 1. The minimum atomic E-state index is 0.128. The maximum atomic E-state index is 5.78. The van der Waals surface area contributed by atoms with Gasteiger partial charge in [0.25, 0.3) is 0 Å². The van der Waals surface area contributed by atoms with Gasteiger partial charge in [-0.2, -0.15) is 0 Å². The van der Waals surface area contributed by atoms with Gasteiger partial charge in [-0.25, -0.2) is 0 Å². The van der Waals surface area contributed by atoms with Crippen molar-refractivity contribution >= 4 is 16.5 Å². The monoisotopic (exact) mass is 421 g/mol. The Balaban J connectivity index is 1.94. The first-order valence-corrected chi connectivity index (χ1v) is 10.6. The highest BCUT2D eigenvalue weighted by Crippen LogP contribution is 2.47. The molecule has 0 N–H and O–H groups in total. The standard InChI is InChI=1S/C26H31NO4/c1-15-10-20-21(8-9-22(29-5)26(20)23(11-15)30-6)27-16(2)12-18-13-19(28-4)14-24(31-7)25(18)17(27)3/h8-11,13-14,16-17H,12H2,1-7H3/t16-,17?/m1/s1. The number of hydrogen-bond acceptors (Lipinski definition) is 5.